The van der Waals surface area contributed by atoms with Crippen LogP contribution in [0.15, 0.2) is 65.8 Å². The number of nitrogens with one attached hydrogen (secondary N) is 3. The molecule has 3 aromatic rings. The standard InChI is InChI=1S/C23H28N6O2/c1-24-23(26-14-13-25-22(30)18-9-11-19(31-3)12-10-18)29(2)16-21-27-15-20(28-21)17-7-5-4-6-8-17/h4-12,15H,13-14,16H2,1-3H3,(H,24,26)(H,25,30)(H,27,28). The molecule has 0 radical (unpaired) electrons. The molecule has 1 aromatic heterocycles. The van der Waals surface area contributed by atoms with Crippen molar-refractivity contribution in [1.29, 1.82) is 0 Å². The van der Waals surface area contributed by atoms with Gasteiger partial charge in [-0.2, -0.15) is 0 Å². The number of H-pyrrole nitrogens is 1. The topological polar surface area (TPSA) is 94.6 Å². The SMILES string of the molecule is CN=C(NCCNC(=O)c1ccc(OC)cc1)N(C)Cc1ncc(-c2ccccc2)[nH]1. The summed E-state index contributed by atoms with van der Waals surface area (Å²) in [6, 6.07) is 17.1. The number of carbonyl (C=O) groups excluding carboxylic acids is 1. The summed E-state index contributed by atoms with van der Waals surface area (Å²) < 4.78 is 5.11. The Hall–Kier alpha value is -3.81. The highest BCUT2D eigenvalue weighted by Crippen LogP contribution is 2.16. The van der Waals surface area contributed by atoms with Crippen molar-refractivity contribution in [3.05, 3.63) is 72.2 Å². The highest BCUT2D eigenvalue weighted by molar-refractivity contribution is 5.94. The van der Waals surface area contributed by atoms with Crippen LogP contribution in [0.1, 0.15) is 16.2 Å². The zero-order valence-electron chi connectivity index (χ0n) is 18.1. The molecule has 0 bridgehead atoms. The Morgan fingerprint density at radius 3 is 2.48 bits per heavy atom. The molecule has 0 aliphatic rings. The molecule has 3 rings (SSSR count). The minimum absolute atomic E-state index is 0.128. The summed E-state index contributed by atoms with van der Waals surface area (Å²) in [5.41, 5.74) is 2.67. The van der Waals surface area contributed by atoms with E-state index in [1.807, 2.05) is 48.5 Å². The third-order valence-corrected chi connectivity index (χ3v) is 4.72. The van der Waals surface area contributed by atoms with Crippen LogP contribution >= 0.6 is 0 Å². The summed E-state index contributed by atoms with van der Waals surface area (Å²) >= 11 is 0. The largest absolute Gasteiger partial charge is 0.497 e. The summed E-state index contributed by atoms with van der Waals surface area (Å²) in [4.78, 5) is 26.3. The molecule has 0 saturated carbocycles. The Morgan fingerprint density at radius 2 is 1.81 bits per heavy atom. The van der Waals surface area contributed by atoms with Crippen LogP contribution in [0.3, 0.4) is 0 Å². The van der Waals surface area contributed by atoms with E-state index in [1.54, 1.807) is 38.4 Å². The van der Waals surface area contributed by atoms with Crippen molar-refractivity contribution in [2.45, 2.75) is 6.54 Å². The van der Waals surface area contributed by atoms with Crippen molar-refractivity contribution >= 4 is 11.9 Å². The minimum Gasteiger partial charge on any atom is -0.497 e. The van der Waals surface area contributed by atoms with Crippen LogP contribution in [0.25, 0.3) is 11.3 Å². The van der Waals surface area contributed by atoms with Gasteiger partial charge in [-0.25, -0.2) is 4.98 Å². The van der Waals surface area contributed by atoms with Gasteiger partial charge in [0.15, 0.2) is 5.96 Å². The van der Waals surface area contributed by atoms with Gasteiger partial charge >= 0.3 is 0 Å². The highest BCUT2D eigenvalue weighted by atomic mass is 16.5. The number of ether oxygens (including phenoxy) is 1. The van der Waals surface area contributed by atoms with Crippen LogP contribution in [0.5, 0.6) is 5.75 Å². The smallest absolute Gasteiger partial charge is 0.251 e. The van der Waals surface area contributed by atoms with Crippen LogP contribution in [-0.4, -0.2) is 61.0 Å². The first kappa shape index (κ1) is 21.9. The number of guanidine groups is 1. The summed E-state index contributed by atoms with van der Waals surface area (Å²) in [5, 5.41) is 6.14. The molecule has 162 valence electrons. The quantitative estimate of drug-likeness (QED) is 0.296. The van der Waals surface area contributed by atoms with Gasteiger partial charge in [-0.3, -0.25) is 9.79 Å². The maximum absolute atomic E-state index is 12.2. The van der Waals surface area contributed by atoms with Crippen molar-refractivity contribution in [3.63, 3.8) is 0 Å². The molecule has 0 atom stereocenters. The maximum atomic E-state index is 12.2. The van der Waals surface area contributed by atoms with Crippen LogP contribution in [0.4, 0.5) is 0 Å². The molecular weight excluding hydrogens is 392 g/mol. The van der Waals surface area contributed by atoms with Gasteiger partial charge < -0.3 is 25.3 Å². The molecule has 0 aliphatic carbocycles. The third-order valence-electron chi connectivity index (χ3n) is 4.72. The van der Waals surface area contributed by atoms with Gasteiger partial charge in [0.05, 0.1) is 25.5 Å². The van der Waals surface area contributed by atoms with E-state index in [1.165, 1.54) is 0 Å². The Balaban J connectivity index is 1.45. The lowest BCUT2D eigenvalue weighted by Gasteiger charge is -2.21. The third kappa shape index (κ3) is 6.08. The fraction of sp³-hybridized carbons (Fsp3) is 0.261. The predicted molar refractivity (Wildman–Crippen MR) is 122 cm³/mol. The zero-order chi connectivity index (χ0) is 22.1. The van der Waals surface area contributed by atoms with Crippen LogP contribution in [0, 0.1) is 0 Å². The van der Waals surface area contributed by atoms with E-state index in [0.717, 1.165) is 28.8 Å². The first-order valence-corrected chi connectivity index (χ1v) is 10.0. The van der Waals surface area contributed by atoms with Crippen molar-refractivity contribution in [1.82, 2.24) is 25.5 Å². The van der Waals surface area contributed by atoms with Gasteiger partial charge in [-0.05, 0) is 29.8 Å². The van der Waals surface area contributed by atoms with Gasteiger partial charge in [0, 0.05) is 32.7 Å². The number of hydrogen-bond acceptors (Lipinski definition) is 4. The maximum Gasteiger partial charge on any atom is 0.251 e. The number of methoxy groups -OCH3 is 1. The molecule has 1 amide bonds. The molecule has 0 saturated heterocycles. The van der Waals surface area contributed by atoms with Crippen molar-refractivity contribution in [2.75, 3.05) is 34.3 Å². The van der Waals surface area contributed by atoms with Gasteiger partial charge in [0.25, 0.3) is 5.91 Å². The molecule has 0 spiro atoms. The fourth-order valence-corrected chi connectivity index (χ4v) is 3.09. The van der Waals surface area contributed by atoms with Gasteiger partial charge in [-0.15, -0.1) is 0 Å². The monoisotopic (exact) mass is 420 g/mol. The van der Waals surface area contributed by atoms with Gasteiger partial charge in [-0.1, -0.05) is 30.3 Å². The molecule has 2 aromatic carbocycles. The number of carbonyl (C=O) groups is 1. The Bertz CT molecular complexity index is 998. The number of rotatable bonds is 8. The first-order valence-electron chi connectivity index (χ1n) is 10.0. The number of aromatic nitrogens is 2. The van der Waals surface area contributed by atoms with Crippen molar-refractivity contribution < 1.29 is 9.53 Å². The van der Waals surface area contributed by atoms with Gasteiger partial charge in [0.2, 0.25) is 0 Å². The van der Waals surface area contributed by atoms with Crippen LogP contribution in [-0.2, 0) is 6.54 Å². The van der Waals surface area contributed by atoms with E-state index in [4.69, 9.17) is 4.74 Å². The van der Waals surface area contributed by atoms with E-state index in [-0.39, 0.29) is 5.91 Å². The number of hydrogen-bond donors (Lipinski definition) is 3. The lowest BCUT2D eigenvalue weighted by Crippen LogP contribution is -2.42. The second kappa shape index (κ2) is 10.8. The molecule has 0 unspecified atom stereocenters. The molecule has 0 aliphatic heterocycles. The lowest BCUT2D eigenvalue weighted by atomic mass is 10.2. The fourth-order valence-electron chi connectivity index (χ4n) is 3.09. The number of aliphatic imine (C=N–C) groups is 1. The molecule has 8 nitrogen and oxygen atoms in total. The average Bonchev–Trinajstić information content (AvgIpc) is 3.28. The second-order valence-corrected chi connectivity index (χ2v) is 6.92. The summed E-state index contributed by atoms with van der Waals surface area (Å²) in [6.45, 7) is 1.59. The number of aromatic amines is 1. The number of benzene rings is 2. The lowest BCUT2D eigenvalue weighted by molar-refractivity contribution is 0.0954. The molecule has 1 heterocycles. The zero-order valence-corrected chi connectivity index (χ0v) is 18.1. The van der Waals surface area contributed by atoms with Crippen molar-refractivity contribution in [3.8, 4) is 17.0 Å². The first-order chi connectivity index (χ1) is 15.1. The van der Waals surface area contributed by atoms with Gasteiger partial charge in [0.1, 0.15) is 11.6 Å². The molecular formula is C23H28N6O2. The minimum atomic E-state index is -0.128. The summed E-state index contributed by atoms with van der Waals surface area (Å²) in [5.74, 6) is 2.16. The average molecular weight is 421 g/mol. The normalized spacial score (nSPS) is 11.1. The van der Waals surface area contributed by atoms with E-state index in [0.29, 0.717) is 25.2 Å². The Morgan fingerprint density at radius 1 is 1.10 bits per heavy atom. The number of imidazole rings is 1. The predicted octanol–water partition coefficient (Wildman–Crippen LogP) is 2.52. The van der Waals surface area contributed by atoms with Crippen LogP contribution in [0.2, 0.25) is 0 Å². The molecule has 8 heteroatoms. The molecule has 0 fully saturated rings. The van der Waals surface area contributed by atoms with E-state index in [9.17, 15) is 4.79 Å². The Labute approximate surface area is 182 Å². The summed E-state index contributed by atoms with van der Waals surface area (Å²) in [7, 11) is 5.26. The number of nitrogens with zero attached hydrogens (tertiary/aromatic N) is 3. The van der Waals surface area contributed by atoms with E-state index in [2.05, 4.69) is 25.6 Å². The van der Waals surface area contributed by atoms with E-state index >= 15 is 0 Å². The second-order valence-electron chi connectivity index (χ2n) is 6.92. The van der Waals surface area contributed by atoms with E-state index < -0.39 is 0 Å². The highest BCUT2D eigenvalue weighted by Gasteiger charge is 2.10. The van der Waals surface area contributed by atoms with Crippen molar-refractivity contribution in [2.24, 2.45) is 4.99 Å². The number of amides is 1. The van der Waals surface area contributed by atoms with Crippen LogP contribution < -0.4 is 15.4 Å². The summed E-state index contributed by atoms with van der Waals surface area (Å²) in [6.07, 6.45) is 1.84. The molecule has 31 heavy (non-hydrogen) atoms. The molecule has 3 N–H and O–H groups in total. The Kier molecular flexibility index (Phi) is 7.64.